The summed E-state index contributed by atoms with van der Waals surface area (Å²) in [5.41, 5.74) is 1.68. The van der Waals surface area contributed by atoms with Crippen LogP contribution in [0.3, 0.4) is 0 Å². The molecule has 0 saturated carbocycles. The molecule has 0 bridgehead atoms. The van der Waals surface area contributed by atoms with Crippen LogP contribution in [-0.4, -0.2) is 55.0 Å². The minimum atomic E-state index is 0.0458. The van der Waals surface area contributed by atoms with E-state index < -0.39 is 0 Å². The number of nitrogens with zero attached hydrogens (tertiary/aromatic N) is 2. The molecule has 1 aliphatic rings. The minimum Gasteiger partial charge on any atom is -0.461 e. The molecule has 1 aliphatic heterocycles. The van der Waals surface area contributed by atoms with E-state index in [2.05, 4.69) is 22.0 Å². The molecule has 0 atom stereocenters. The Morgan fingerprint density at radius 3 is 2.64 bits per heavy atom. The number of likely N-dealkylation sites (N-methyl/N-ethyl adjacent to an activating group) is 1. The molecule has 1 N–H and O–H groups in total. The van der Waals surface area contributed by atoms with Gasteiger partial charge in [-0.25, -0.2) is 0 Å². The molecule has 1 amide bonds. The van der Waals surface area contributed by atoms with Crippen molar-refractivity contribution in [2.24, 2.45) is 0 Å². The van der Waals surface area contributed by atoms with Gasteiger partial charge in [0.1, 0.15) is 11.3 Å². The third-order valence-electron chi connectivity index (χ3n) is 4.20. The maximum atomic E-state index is 12.2. The molecule has 2 heterocycles. The summed E-state index contributed by atoms with van der Waals surface area (Å²) in [6.07, 6.45) is 0. The predicted molar refractivity (Wildman–Crippen MR) is 88.1 cm³/mol. The number of piperazine rings is 1. The number of rotatable bonds is 4. The summed E-state index contributed by atoms with van der Waals surface area (Å²) in [7, 11) is 0. The lowest BCUT2D eigenvalue weighted by Gasteiger charge is -2.33. The van der Waals surface area contributed by atoms with Crippen molar-refractivity contribution in [2.75, 3.05) is 44.6 Å². The first-order chi connectivity index (χ1) is 10.6. The number of hydrogen-bond acceptors (Lipinski definition) is 4. The van der Waals surface area contributed by atoms with Gasteiger partial charge >= 0.3 is 0 Å². The zero-order valence-electron chi connectivity index (χ0n) is 13.3. The van der Waals surface area contributed by atoms with Crippen LogP contribution in [-0.2, 0) is 4.79 Å². The molecule has 1 aromatic heterocycles. The molecule has 5 heteroatoms. The number of fused-ring (bicyclic) bond motifs is 1. The summed E-state index contributed by atoms with van der Waals surface area (Å²) >= 11 is 0. The van der Waals surface area contributed by atoms with Crippen molar-refractivity contribution in [3.8, 4) is 0 Å². The summed E-state index contributed by atoms with van der Waals surface area (Å²) in [6.45, 7) is 9.66. The lowest BCUT2D eigenvalue weighted by molar-refractivity contribution is -0.117. The number of furan rings is 1. The average molecular weight is 301 g/mol. The van der Waals surface area contributed by atoms with Crippen molar-refractivity contribution >= 4 is 22.6 Å². The van der Waals surface area contributed by atoms with Gasteiger partial charge in [0.25, 0.3) is 0 Å². The van der Waals surface area contributed by atoms with Crippen LogP contribution in [0.5, 0.6) is 0 Å². The molecule has 0 radical (unpaired) electrons. The molecule has 1 fully saturated rings. The number of amides is 1. The number of benzene rings is 1. The predicted octanol–water partition coefficient (Wildman–Crippen LogP) is 2.32. The monoisotopic (exact) mass is 301 g/mol. The Bertz CT molecular complexity index is 657. The SMILES string of the molecule is CCN1CCN(CC(=O)Nc2ccc3oc(C)cc3c2)CC1. The zero-order valence-corrected chi connectivity index (χ0v) is 13.3. The normalized spacial score (nSPS) is 17.0. The van der Waals surface area contributed by atoms with E-state index in [4.69, 9.17) is 4.42 Å². The molecule has 1 saturated heterocycles. The number of anilines is 1. The number of nitrogens with one attached hydrogen (secondary N) is 1. The van der Waals surface area contributed by atoms with Crippen LogP contribution in [0.25, 0.3) is 11.0 Å². The van der Waals surface area contributed by atoms with Crippen molar-refractivity contribution in [3.63, 3.8) is 0 Å². The fourth-order valence-electron chi connectivity index (χ4n) is 2.92. The number of hydrogen-bond donors (Lipinski definition) is 1. The second kappa shape index (κ2) is 6.50. The largest absolute Gasteiger partial charge is 0.461 e. The summed E-state index contributed by atoms with van der Waals surface area (Å²) in [6, 6.07) is 7.73. The topological polar surface area (TPSA) is 48.7 Å². The molecular weight excluding hydrogens is 278 g/mol. The maximum absolute atomic E-state index is 12.2. The fourth-order valence-corrected chi connectivity index (χ4v) is 2.92. The first kappa shape index (κ1) is 15.1. The van der Waals surface area contributed by atoms with E-state index in [0.717, 1.165) is 55.1 Å². The molecule has 0 unspecified atom stereocenters. The van der Waals surface area contributed by atoms with Gasteiger partial charge in [0, 0.05) is 37.3 Å². The van der Waals surface area contributed by atoms with Gasteiger partial charge in [0.2, 0.25) is 5.91 Å². The number of carbonyl (C=O) groups is 1. The second-order valence-corrected chi connectivity index (χ2v) is 5.87. The van der Waals surface area contributed by atoms with E-state index in [-0.39, 0.29) is 5.91 Å². The highest BCUT2D eigenvalue weighted by Crippen LogP contribution is 2.22. The van der Waals surface area contributed by atoms with Crippen molar-refractivity contribution in [2.45, 2.75) is 13.8 Å². The van der Waals surface area contributed by atoms with Gasteiger partial charge in [0.15, 0.2) is 0 Å². The first-order valence-corrected chi connectivity index (χ1v) is 7.89. The molecular formula is C17H23N3O2. The third kappa shape index (κ3) is 3.48. The zero-order chi connectivity index (χ0) is 15.5. The molecule has 5 nitrogen and oxygen atoms in total. The van der Waals surface area contributed by atoms with Gasteiger partial charge in [-0.2, -0.15) is 0 Å². The Balaban J connectivity index is 1.56. The Morgan fingerprint density at radius 1 is 1.18 bits per heavy atom. The number of aryl methyl sites for hydroxylation is 1. The van der Waals surface area contributed by atoms with Crippen LogP contribution in [0.2, 0.25) is 0 Å². The van der Waals surface area contributed by atoms with E-state index in [1.807, 2.05) is 31.2 Å². The minimum absolute atomic E-state index is 0.0458. The van der Waals surface area contributed by atoms with Crippen LogP contribution >= 0.6 is 0 Å². The highest BCUT2D eigenvalue weighted by atomic mass is 16.3. The fraction of sp³-hybridized carbons (Fsp3) is 0.471. The standard InChI is InChI=1S/C17H23N3O2/c1-3-19-6-8-20(9-7-19)12-17(21)18-15-4-5-16-14(11-15)10-13(2)22-16/h4-5,10-11H,3,6-9,12H2,1-2H3,(H,18,21). The van der Waals surface area contributed by atoms with Gasteiger partial charge in [-0.15, -0.1) is 0 Å². The van der Waals surface area contributed by atoms with E-state index in [9.17, 15) is 4.79 Å². The van der Waals surface area contributed by atoms with Crippen LogP contribution in [0.1, 0.15) is 12.7 Å². The van der Waals surface area contributed by atoms with Crippen molar-refractivity contribution < 1.29 is 9.21 Å². The summed E-state index contributed by atoms with van der Waals surface area (Å²) in [5.74, 6) is 0.928. The van der Waals surface area contributed by atoms with Gasteiger partial charge in [-0.05, 0) is 37.7 Å². The van der Waals surface area contributed by atoms with Crippen LogP contribution in [0.15, 0.2) is 28.7 Å². The highest BCUT2D eigenvalue weighted by Gasteiger charge is 2.17. The first-order valence-electron chi connectivity index (χ1n) is 7.89. The average Bonchev–Trinajstić information content (AvgIpc) is 2.87. The third-order valence-corrected chi connectivity index (χ3v) is 4.20. The second-order valence-electron chi connectivity index (χ2n) is 5.87. The Hall–Kier alpha value is -1.85. The van der Waals surface area contributed by atoms with Crippen molar-refractivity contribution in [3.05, 3.63) is 30.0 Å². The molecule has 3 rings (SSSR count). The molecule has 118 valence electrons. The van der Waals surface area contributed by atoms with Gasteiger partial charge in [-0.3, -0.25) is 9.69 Å². The summed E-state index contributed by atoms with van der Waals surface area (Å²) in [4.78, 5) is 16.8. The highest BCUT2D eigenvalue weighted by molar-refractivity contribution is 5.94. The van der Waals surface area contributed by atoms with E-state index >= 15 is 0 Å². The summed E-state index contributed by atoms with van der Waals surface area (Å²) < 4.78 is 5.54. The van der Waals surface area contributed by atoms with Crippen LogP contribution in [0.4, 0.5) is 5.69 Å². The smallest absolute Gasteiger partial charge is 0.238 e. The molecule has 0 spiro atoms. The van der Waals surface area contributed by atoms with E-state index in [0.29, 0.717) is 6.54 Å². The maximum Gasteiger partial charge on any atom is 0.238 e. The van der Waals surface area contributed by atoms with Gasteiger partial charge in [-0.1, -0.05) is 6.92 Å². The molecule has 0 aliphatic carbocycles. The Morgan fingerprint density at radius 2 is 1.91 bits per heavy atom. The molecule has 1 aromatic carbocycles. The Kier molecular flexibility index (Phi) is 4.45. The number of carbonyl (C=O) groups excluding carboxylic acids is 1. The van der Waals surface area contributed by atoms with E-state index in [1.165, 1.54) is 0 Å². The van der Waals surface area contributed by atoms with Crippen LogP contribution < -0.4 is 5.32 Å². The van der Waals surface area contributed by atoms with E-state index in [1.54, 1.807) is 0 Å². The molecule has 22 heavy (non-hydrogen) atoms. The van der Waals surface area contributed by atoms with Gasteiger partial charge < -0.3 is 14.6 Å². The lowest BCUT2D eigenvalue weighted by atomic mass is 10.2. The lowest BCUT2D eigenvalue weighted by Crippen LogP contribution is -2.48. The quantitative estimate of drug-likeness (QED) is 0.941. The summed E-state index contributed by atoms with van der Waals surface area (Å²) in [5, 5.41) is 4.00. The van der Waals surface area contributed by atoms with Crippen molar-refractivity contribution in [1.82, 2.24) is 9.80 Å². The van der Waals surface area contributed by atoms with Crippen LogP contribution in [0, 0.1) is 6.92 Å². The van der Waals surface area contributed by atoms with Crippen molar-refractivity contribution in [1.29, 1.82) is 0 Å². The Labute approximate surface area is 130 Å². The van der Waals surface area contributed by atoms with Gasteiger partial charge in [0.05, 0.1) is 6.54 Å². The molecule has 2 aromatic rings.